The molecule has 0 saturated heterocycles. The minimum Gasteiger partial charge on any atom is -0.424 e. The van der Waals surface area contributed by atoms with E-state index in [-0.39, 0.29) is 5.92 Å². The Morgan fingerprint density at radius 1 is 1.40 bits per heavy atom. The van der Waals surface area contributed by atoms with Crippen LogP contribution < -0.4 is 10.5 Å². The summed E-state index contributed by atoms with van der Waals surface area (Å²) in [5, 5.41) is 0. The molecule has 15 heavy (non-hydrogen) atoms. The lowest BCUT2D eigenvalue weighted by Crippen LogP contribution is -2.38. The predicted molar refractivity (Wildman–Crippen MR) is 62.6 cm³/mol. The van der Waals surface area contributed by atoms with E-state index in [0.717, 1.165) is 4.47 Å². The third-order valence-corrected chi connectivity index (χ3v) is 2.69. The van der Waals surface area contributed by atoms with Gasteiger partial charge in [-0.25, -0.2) is 4.79 Å². The van der Waals surface area contributed by atoms with Crippen LogP contribution >= 0.6 is 15.9 Å². The van der Waals surface area contributed by atoms with Crippen molar-refractivity contribution in [2.45, 2.75) is 19.9 Å². The maximum atomic E-state index is 11.5. The minimum atomic E-state index is -0.586. The molecule has 0 heterocycles. The van der Waals surface area contributed by atoms with Crippen LogP contribution in [0, 0.1) is 5.92 Å². The highest BCUT2D eigenvalue weighted by atomic mass is 79.9. The number of carbonyl (C=O) groups excluding carboxylic acids is 1. The number of halogens is 1. The molecule has 1 rings (SSSR count). The zero-order valence-corrected chi connectivity index (χ0v) is 10.3. The summed E-state index contributed by atoms with van der Waals surface area (Å²) in [5.41, 5.74) is 5.67. The van der Waals surface area contributed by atoms with Crippen LogP contribution in [0.4, 0.5) is 0 Å². The van der Waals surface area contributed by atoms with E-state index in [9.17, 15) is 4.79 Å². The van der Waals surface area contributed by atoms with Gasteiger partial charge in [-0.3, -0.25) is 0 Å². The summed E-state index contributed by atoms with van der Waals surface area (Å²) in [6.45, 7) is 3.76. The average Bonchev–Trinajstić information content (AvgIpc) is 2.20. The van der Waals surface area contributed by atoms with Gasteiger partial charge in [0.25, 0.3) is 0 Å². The molecule has 82 valence electrons. The van der Waals surface area contributed by atoms with E-state index < -0.39 is 12.0 Å². The summed E-state index contributed by atoms with van der Waals surface area (Å²) < 4.78 is 5.90. The Kier molecular flexibility index (Phi) is 4.29. The van der Waals surface area contributed by atoms with Crippen molar-refractivity contribution in [1.82, 2.24) is 0 Å². The van der Waals surface area contributed by atoms with Crippen molar-refractivity contribution < 1.29 is 9.53 Å². The zero-order valence-electron chi connectivity index (χ0n) is 8.74. The number of benzene rings is 1. The monoisotopic (exact) mass is 271 g/mol. The van der Waals surface area contributed by atoms with Gasteiger partial charge in [-0.2, -0.15) is 0 Å². The first-order chi connectivity index (χ1) is 7.02. The summed E-state index contributed by atoms with van der Waals surface area (Å²) in [7, 11) is 0. The number of hydrogen-bond acceptors (Lipinski definition) is 3. The number of esters is 1. The van der Waals surface area contributed by atoms with Gasteiger partial charge in [0, 0.05) is 0 Å². The van der Waals surface area contributed by atoms with Crippen LogP contribution in [-0.4, -0.2) is 12.0 Å². The first-order valence-corrected chi connectivity index (χ1v) is 5.53. The zero-order chi connectivity index (χ0) is 11.4. The molecule has 1 unspecified atom stereocenters. The Hall–Kier alpha value is -0.870. The Morgan fingerprint density at radius 2 is 2.00 bits per heavy atom. The van der Waals surface area contributed by atoms with Crippen LogP contribution in [0.5, 0.6) is 5.75 Å². The lowest BCUT2D eigenvalue weighted by atomic mass is 10.1. The maximum Gasteiger partial charge on any atom is 0.328 e. The summed E-state index contributed by atoms with van der Waals surface area (Å²) in [4.78, 5) is 11.5. The molecule has 0 fully saturated rings. The number of para-hydroxylation sites is 1. The molecule has 4 heteroatoms. The summed E-state index contributed by atoms with van der Waals surface area (Å²) in [6, 6.07) is 6.59. The molecular weight excluding hydrogens is 258 g/mol. The molecule has 1 aromatic carbocycles. The second-order valence-electron chi connectivity index (χ2n) is 3.62. The SMILES string of the molecule is CC(C)C(N)C(=O)Oc1ccccc1Br. The van der Waals surface area contributed by atoms with E-state index in [0.29, 0.717) is 5.75 Å². The Balaban J connectivity index is 2.71. The molecule has 0 aromatic heterocycles. The third kappa shape index (κ3) is 3.32. The highest BCUT2D eigenvalue weighted by Gasteiger charge is 2.19. The molecule has 0 radical (unpaired) electrons. The van der Waals surface area contributed by atoms with Crippen molar-refractivity contribution in [1.29, 1.82) is 0 Å². The van der Waals surface area contributed by atoms with Crippen molar-refractivity contribution in [3.8, 4) is 5.75 Å². The highest BCUT2D eigenvalue weighted by molar-refractivity contribution is 9.10. The normalized spacial score (nSPS) is 12.6. The molecule has 0 amide bonds. The van der Waals surface area contributed by atoms with Crippen molar-refractivity contribution in [3.63, 3.8) is 0 Å². The Labute approximate surface area is 97.7 Å². The molecule has 0 spiro atoms. The van der Waals surface area contributed by atoms with E-state index in [1.165, 1.54) is 0 Å². The number of hydrogen-bond donors (Lipinski definition) is 1. The van der Waals surface area contributed by atoms with Crippen molar-refractivity contribution in [2.24, 2.45) is 11.7 Å². The molecule has 0 aliphatic carbocycles. The van der Waals surface area contributed by atoms with Crippen LogP contribution in [-0.2, 0) is 4.79 Å². The second-order valence-corrected chi connectivity index (χ2v) is 4.48. The molecule has 1 atom stereocenters. The minimum absolute atomic E-state index is 0.0694. The first-order valence-electron chi connectivity index (χ1n) is 4.74. The maximum absolute atomic E-state index is 11.5. The molecule has 3 nitrogen and oxygen atoms in total. The van der Waals surface area contributed by atoms with Gasteiger partial charge in [-0.15, -0.1) is 0 Å². The topological polar surface area (TPSA) is 52.3 Å². The Bertz CT molecular complexity index is 352. The van der Waals surface area contributed by atoms with Gasteiger partial charge in [0.2, 0.25) is 0 Å². The van der Waals surface area contributed by atoms with Crippen LogP contribution in [0.15, 0.2) is 28.7 Å². The number of rotatable bonds is 3. The number of ether oxygens (including phenoxy) is 1. The van der Waals surface area contributed by atoms with Crippen LogP contribution in [0.2, 0.25) is 0 Å². The smallest absolute Gasteiger partial charge is 0.328 e. The summed E-state index contributed by atoms with van der Waals surface area (Å²) >= 11 is 3.29. The van der Waals surface area contributed by atoms with E-state index in [1.54, 1.807) is 12.1 Å². The van der Waals surface area contributed by atoms with Gasteiger partial charge in [0.1, 0.15) is 11.8 Å². The van der Waals surface area contributed by atoms with E-state index >= 15 is 0 Å². The lowest BCUT2D eigenvalue weighted by Gasteiger charge is -2.14. The van der Waals surface area contributed by atoms with Gasteiger partial charge >= 0.3 is 5.97 Å². The fourth-order valence-electron chi connectivity index (χ4n) is 0.976. The molecule has 2 N–H and O–H groups in total. The highest BCUT2D eigenvalue weighted by Crippen LogP contribution is 2.24. The molecule has 0 bridgehead atoms. The molecule has 0 saturated carbocycles. The van der Waals surface area contributed by atoms with E-state index in [1.807, 2.05) is 26.0 Å². The van der Waals surface area contributed by atoms with Crippen molar-refractivity contribution >= 4 is 21.9 Å². The average molecular weight is 272 g/mol. The van der Waals surface area contributed by atoms with Crippen LogP contribution in [0.25, 0.3) is 0 Å². The van der Waals surface area contributed by atoms with E-state index in [2.05, 4.69) is 15.9 Å². The van der Waals surface area contributed by atoms with E-state index in [4.69, 9.17) is 10.5 Å². The van der Waals surface area contributed by atoms with Gasteiger partial charge in [-0.05, 0) is 34.0 Å². The van der Waals surface area contributed by atoms with Crippen LogP contribution in [0.3, 0.4) is 0 Å². The molecule has 1 aromatic rings. The first kappa shape index (κ1) is 12.2. The standard InChI is InChI=1S/C11H14BrNO2/c1-7(2)10(13)11(14)15-9-6-4-3-5-8(9)12/h3-7,10H,13H2,1-2H3. The second kappa shape index (κ2) is 5.28. The summed E-state index contributed by atoms with van der Waals surface area (Å²) in [6.07, 6.45) is 0. The van der Waals surface area contributed by atoms with Gasteiger partial charge < -0.3 is 10.5 Å². The van der Waals surface area contributed by atoms with Gasteiger partial charge in [-0.1, -0.05) is 26.0 Å². The molecule has 0 aliphatic heterocycles. The predicted octanol–water partition coefficient (Wildman–Crippen LogP) is 2.34. The Morgan fingerprint density at radius 3 is 2.53 bits per heavy atom. The van der Waals surface area contributed by atoms with Gasteiger partial charge in [0.05, 0.1) is 4.47 Å². The van der Waals surface area contributed by atoms with Gasteiger partial charge in [0.15, 0.2) is 0 Å². The fraction of sp³-hybridized carbons (Fsp3) is 0.364. The summed E-state index contributed by atoms with van der Waals surface area (Å²) in [5.74, 6) is 0.162. The third-order valence-electron chi connectivity index (χ3n) is 2.04. The van der Waals surface area contributed by atoms with Crippen molar-refractivity contribution in [3.05, 3.63) is 28.7 Å². The lowest BCUT2D eigenvalue weighted by molar-refractivity contribution is -0.136. The van der Waals surface area contributed by atoms with Crippen LogP contribution in [0.1, 0.15) is 13.8 Å². The number of nitrogens with two attached hydrogens (primary N) is 1. The number of carbonyl (C=O) groups is 1. The molecular formula is C11H14BrNO2. The largest absolute Gasteiger partial charge is 0.424 e. The molecule has 0 aliphatic rings. The van der Waals surface area contributed by atoms with Crippen molar-refractivity contribution in [2.75, 3.05) is 0 Å². The fourth-order valence-corrected chi connectivity index (χ4v) is 1.34. The quantitative estimate of drug-likeness (QED) is 0.678.